The third-order valence-electron chi connectivity index (χ3n) is 4.15. The Morgan fingerprint density at radius 1 is 0.944 bits per heavy atom. The fourth-order valence-corrected chi connectivity index (χ4v) is 2.94. The molecule has 110 valence electrons. The fourth-order valence-electron chi connectivity index (χ4n) is 2.94. The number of hydrogen-bond donors (Lipinski definition) is 1. The van der Waals surface area contributed by atoms with Gasteiger partial charge in [0.05, 0.1) is 0 Å². The summed E-state index contributed by atoms with van der Waals surface area (Å²) in [5, 5.41) is 3.34. The Labute approximate surface area is 121 Å². The monoisotopic (exact) mass is 304 g/mol. The van der Waals surface area contributed by atoms with Gasteiger partial charge >= 0.3 is 0 Å². The van der Waals surface area contributed by atoms with Crippen LogP contribution in [-0.4, -0.2) is 43.0 Å². The highest BCUT2D eigenvalue weighted by atomic mass is 35.5. The second kappa shape index (κ2) is 7.83. The quantitative estimate of drug-likeness (QED) is 0.843. The van der Waals surface area contributed by atoms with Crippen LogP contribution in [0, 0.1) is 0 Å². The van der Waals surface area contributed by atoms with E-state index in [9.17, 15) is 8.78 Å². The topological polar surface area (TPSA) is 15.3 Å². The maximum Gasteiger partial charge on any atom is 0.248 e. The van der Waals surface area contributed by atoms with Gasteiger partial charge in [-0.1, -0.05) is 0 Å². The van der Waals surface area contributed by atoms with Crippen LogP contribution < -0.4 is 5.32 Å². The van der Waals surface area contributed by atoms with Gasteiger partial charge in [0.15, 0.2) is 0 Å². The normalized spacial score (nSPS) is 25.3. The van der Waals surface area contributed by atoms with Gasteiger partial charge in [-0.05, 0) is 45.8 Å². The molecule has 1 saturated carbocycles. The van der Waals surface area contributed by atoms with Crippen molar-refractivity contribution in [3.05, 3.63) is 0 Å². The number of alkyl halides is 2. The van der Waals surface area contributed by atoms with Gasteiger partial charge in [-0.3, -0.25) is 0 Å². The zero-order valence-corrected chi connectivity index (χ0v) is 12.5. The second-order valence-electron chi connectivity index (χ2n) is 5.23. The van der Waals surface area contributed by atoms with Gasteiger partial charge in [0, 0.05) is 24.9 Å². The van der Waals surface area contributed by atoms with E-state index in [2.05, 4.69) is 17.3 Å². The van der Waals surface area contributed by atoms with E-state index in [1.165, 1.54) is 0 Å². The summed E-state index contributed by atoms with van der Waals surface area (Å²) < 4.78 is 26.1. The highest BCUT2D eigenvalue weighted by Gasteiger charge is 2.37. The van der Waals surface area contributed by atoms with E-state index >= 15 is 0 Å². The summed E-state index contributed by atoms with van der Waals surface area (Å²) in [4.78, 5) is 2.36. The largest absolute Gasteiger partial charge is 0.317 e. The van der Waals surface area contributed by atoms with Crippen molar-refractivity contribution in [2.24, 2.45) is 0 Å². The Morgan fingerprint density at radius 2 is 1.39 bits per heavy atom. The number of nitrogens with one attached hydrogen (secondary N) is 1. The van der Waals surface area contributed by atoms with E-state index in [-0.39, 0.29) is 37.7 Å². The Bertz CT molecular complexity index is 226. The summed E-state index contributed by atoms with van der Waals surface area (Å²) >= 11 is 0. The van der Waals surface area contributed by atoms with Crippen molar-refractivity contribution in [1.82, 2.24) is 10.2 Å². The van der Waals surface area contributed by atoms with Crippen molar-refractivity contribution < 1.29 is 8.78 Å². The third-order valence-corrected chi connectivity index (χ3v) is 4.15. The molecular weight excluding hydrogens is 281 g/mol. The minimum absolute atomic E-state index is 0. The van der Waals surface area contributed by atoms with Gasteiger partial charge in [0.2, 0.25) is 5.92 Å². The van der Waals surface area contributed by atoms with Crippen molar-refractivity contribution in [2.45, 2.75) is 56.5 Å². The first-order valence-corrected chi connectivity index (χ1v) is 6.39. The van der Waals surface area contributed by atoms with Crippen molar-refractivity contribution in [2.75, 3.05) is 20.1 Å². The van der Waals surface area contributed by atoms with Crippen LogP contribution in [0.25, 0.3) is 0 Å². The molecule has 0 spiro atoms. The molecule has 0 radical (unpaired) electrons. The molecule has 1 N–H and O–H groups in total. The SMILES string of the molecule is CN(C1CCNCC1)C1CCC(F)(F)CC1.Cl.Cl. The van der Waals surface area contributed by atoms with Crippen molar-refractivity contribution >= 4 is 24.8 Å². The molecule has 18 heavy (non-hydrogen) atoms. The first-order chi connectivity index (χ1) is 7.58. The smallest absolute Gasteiger partial charge is 0.248 e. The number of nitrogens with zero attached hydrogens (tertiary/aromatic N) is 1. The van der Waals surface area contributed by atoms with Gasteiger partial charge in [0.1, 0.15) is 0 Å². The van der Waals surface area contributed by atoms with Crippen LogP contribution in [0.5, 0.6) is 0 Å². The van der Waals surface area contributed by atoms with Gasteiger partial charge in [-0.15, -0.1) is 24.8 Å². The molecular formula is C12H24Cl2F2N2. The Balaban J connectivity index is 0.00000144. The number of rotatable bonds is 2. The lowest BCUT2D eigenvalue weighted by Crippen LogP contribution is -2.47. The molecule has 2 rings (SSSR count). The number of halogens is 4. The summed E-state index contributed by atoms with van der Waals surface area (Å²) in [5.74, 6) is -2.40. The van der Waals surface area contributed by atoms with E-state index in [4.69, 9.17) is 0 Å². The van der Waals surface area contributed by atoms with Crippen molar-refractivity contribution in [3.8, 4) is 0 Å². The van der Waals surface area contributed by atoms with E-state index in [1.54, 1.807) is 0 Å². The van der Waals surface area contributed by atoms with Gasteiger partial charge in [-0.2, -0.15) is 0 Å². The standard InChI is InChI=1S/C12H22F2N2.2ClH/c1-16(11-4-8-15-9-5-11)10-2-6-12(13,14)7-3-10;;/h10-11,15H,2-9H2,1H3;2*1H. The summed E-state index contributed by atoms with van der Waals surface area (Å²) in [6.45, 7) is 2.13. The molecule has 2 fully saturated rings. The molecule has 0 aromatic heterocycles. The molecule has 1 aliphatic heterocycles. The van der Waals surface area contributed by atoms with E-state index in [0.29, 0.717) is 24.9 Å². The predicted octanol–water partition coefficient (Wildman–Crippen LogP) is 3.09. The van der Waals surface area contributed by atoms with Gasteiger partial charge in [0.25, 0.3) is 0 Å². The van der Waals surface area contributed by atoms with Crippen LogP contribution in [0.3, 0.4) is 0 Å². The Morgan fingerprint density at radius 3 is 1.89 bits per heavy atom. The van der Waals surface area contributed by atoms with Crippen LogP contribution in [0.2, 0.25) is 0 Å². The molecule has 0 bridgehead atoms. The lowest BCUT2D eigenvalue weighted by atomic mass is 9.89. The highest BCUT2D eigenvalue weighted by molar-refractivity contribution is 5.85. The van der Waals surface area contributed by atoms with Crippen molar-refractivity contribution in [3.63, 3.8) is 0 Å². The lowest BCUT2D eigenvalue weighted by molar-refractivity contribution is -0.0563. The average Bonchev–Trinajstić information content (AvgIpc) is 2.29. The molecule has 1 saturated heterocycles. The minimum atomic E-state index is -2.40. The van der Waals surface area contributed by atoms with Crippen LogP contribution in [0.1, 0.15) is 38.5 Å². The van der Waals surface area contributed by atoms with E-state index in [0.717, 1.165) is 25.9 Å². The first kappa shape index (κ1) is 18.4. The molecule has 1 aliphatic carbocycles. The van der Waals surface area contributed by atoms with Crippen LogP contribution in [0.4, 0.5) is 8.78 Å². The average molecular weight is 305 g/mol. The molecule has 2 aliphatic rings. The summed E-state index contributed by atoms with van der Waals surface area (Å²) in [6, 6.07) is 0.973. The molecule has 0 atom stereocenters. The second-order valence-corrected chi connectivity index (χ2v) is 5.23. The van der Waals surface area contributed by atoms with Crippen LogP contribution in [0.15, 0.2) is 0 Å². The maximum absolute atomic E-state index is 13.1. The highest BCUT2D eigenvalue weighted by Crippen LogP contribution is 2.35. The van der Waals surface area contributed by atoms with Crippen LogP contribution >= 0.6 is 24.8 Å². The number of piperidine rings is 1. The zero-order valence-electron chi connectivity index (χ0n) is 10.8. The van der Waals surface area contributed by atoms with Gasteiger partial charge < -0.3 is 10.2 Å². The lowest BCUT2D eigenvalue weighted by Gasteiger charge is -2.40. The van der Waals surface area contributed by atoms with Crippen molar-refractivity contribution in [1.29, 1.82) is 0 Å². The molecule has 0 aromatic carbocycles. The molecule has 2 nitrogen and oxygen atoms in total. The maximum atomic E-state index is 13.1. The van der Waals surface area contributed by atoms with E-state index < -0.39 is 5.92 Å². The zero-order chi connectivity index (χ0) is 11.6. The summed E-state index contributed by atoms with van der Waals surface area (Å²) in [5.41, 5.74) is 0. The summed E-state index contributed by atoms with van der Waals surface area (Å²) in [6.07, 6.45) is 3.79. The first-order valence-electron chi connectivity index (χ1n) is 6.39. The third kappa shape index (κ3) is 4.80. The van der Waals surface area contributed by atoms with E-state index in [1.807, 2.05) is 0 Å². The molecule has 0 unspecified atom stereocenters. The molecule has 1 heterocycles. The van der Waals surface area contributed by atoms with Gasteiger partial charge in [-0.25, -0.2) is 8.78 Å². The molecule has 0 amide bonds. The summed E-state index contributed by atoms with van der Waals surface area (Å²) in [7, 11) is 2.12. The Hall–Kier alpha value is 0.360. The van der Waals surface area contributed by atoms with Crippen LogP contribution in [-0.2, 0) is 0 Å². The molecule has 0 aromatic rings. The Kier molecular flexibility index (Phi) is 7.99. The predicted molar refractivity (Wildman–Crippen MR) is 75.4 cm³/mol. The minimum Gasteiger partial charge on any atom is -0.317 e. The fraction of sp³-hybridized carbons (Fsp3) is 1.00. The number of hydrogen-bond acceptors (Lipinski definition) is 2. The molecule has 6 heteroatoms.